The van der Waals surface area contributed by atoms with Crippen molar-refractivity contribution in [3.8, 4) is 11.4 Å². The Labute approximate surface area is 132 Å². The van der Waals surface area contributed by atoms with E-state index in [0.717, 1.165) is 11.1 Å². The van der Waals surface area contributed by atoms with Crippen LogP contribution in [0.5, 0.6) is 0 Å². The van der Waals surface area contributed by atoms with Gasteiger partial charge in [0.25, 0.3) is 5.91 Å². The minimum atomic E-state index is -0.325. The zero-order chi connectivity index (χ0) is 15.9. The highest BCUT2D eigenvalue weighted by Crippen LogP contribution is 2.11. The number of hydrogen-bond donors (Lipinski definition) is 1. The van der Waals surface area contributed by atoms with Crippen molar-refractivity contribution in [3.63, 3.8) is 0 Å². The molecule has 0 spiro atoms. The first-order valence-electron chi connectivity index (χ1n) is 7.01. The third kappa shape index (κ3) is 4.07. The average Bonchev–Trinajstić information content (AvgIpc) is 3.05. The van der Waals surface area contributed by atoms with E-state index in [1.54, 1.807) is 6.21 Å². The van der Waals surface area contributed by atoms with Crippen LogP contribution in [-0.2, 0) is 11.3 Å². The predicted octanol–water partition coefficient (Wildman–Crippen LogP) is 1.49. The van der Waals surface area contributed by atoms with E-state index < -0.39 is 0 Å². The van der Waals surface area contributed by atoms with Gasteiger partial charge in [0, 0.05) is 5.56 Å². The molecule has 1 amide bonds. The van der Waals surface area contributed by atoms with Crippen LogP contribution in [0.25, 0.3) is 11.4 Å². The summed E-state index contributed by atoms with van der Waals surface area (Å²) in [6, 6.07) is 18.9. The molecule has 1 aromatic heterocycles. The number of carbonyl (C=O) groups excluding carboxylic acids is 1. The minimum absolute atomic E-state index is 0.0496. The van der Waals surface area contributed by atoms with E-state index >= 15 is 0 Å². The van der Waals surface area contributed by atoms with Gasteiger partial charge in [-0.2, -0.15) is 9.90 Å². The number of nitrogens with zero attached hydrogens (tertiary/aromatic N) is 5. The van der Waals surface area contributed by atoms with Gasteiger partial charge in [0.05, 0.1) is 6.21 Å². The topological polar surface area (TPSA) is 85.1 Å². The molecule has 1 heterocycles. The largest absolute Gasteiger partial charge is 0.271 e. The highest BCUT2D eigenvalue weighted by molar-refractivity contribution is 5.82. The second-order valence-electron chi connectivity index (χ2n) is 4.71. The number of hydrogen-bond acceptors (Lipinski definition) is 5. The lowest BCUT2D eigenvalue weighted by atomic mass is 10.2. The maximum atomic E-state index is 11.8. The summed E-state index contributed by atoms with van der Waals surface area (Å²) >= 11 is 0. The number of aromatic nitrogens is 4. The summed E-state index contributed by atoms with van der Waals surface area (Å²) in [5.41, 5.74) is 4.18. The van der Waals surface area contributed by atoms with Crippen molar-refractivity contribution in [3.05, 3.63) is 66.2 Å². The molecule has 0 saturated carbocycles. The van der Waals surface area contributed by atoms with E-state index in [4.69, 9.17) is 0 Å². The number of benzene rings is 2. The fraction of sp³-hybridized carbons (Fsp3) is 0.0625. The fourth-order valence-corrected chi connectivity index (χ4v) is 1.89. The Morgan fingerprint density at radius 3 is 2.52 bits per heavy atom. The number of hydrazone groups is 1. The molecule has 3 rings (SSSR count). The van der Waals surface area contributed by atoms with Crippen molar-refractivity contribution >= 4 is 12.1 Å². The van der Waals surface area contributed by atoms with Gasteiger partial charge in [-0.1, -0.05) is 60.7 Å². The van der Waals surface area contributed by atoms with E-state index in [-0.39, 0.29) is 12.5 Å². The monoisotopic (exact) mass is 306 g/mol. The Kier molecular flexibility index (Phi) is 4.49. The van der Waals surface area contributed by atoms with Crippen molar-refractivity contribution in [2.45, 2.75) is 6.54 Å². The van der Waals surface area contributed by atoms with Gasteiger partial charge in [-0.25, -0.2) is 5.43 Å². The van der Waals surface area contributed by atoms with Crippen molar-refractivity contribution in [2.75, 3.05) is 0 Å². The molecule has 0 aliphatic rings. The molecule has 114 valence electrons. The van der Waals surface area contributed by atoms with Crippen LogP contribution in [0, 0.1) is 0 Å². The highest BCUT2D eigenvalue weighted by Gasteiger charge is 2.08. The summed E-state index contributed by atoms with van der Waals surface area (Å²) in [6.07, 6.45) is 1.57. The fourth-order valence-electron chi connectivity index (χ4n) is 1.89. The summed E-state index contributed by atoms with van der Waals surface area (Å²) < 4.78 is 0. The molecule has 0 aliphatic heterocycles. The third-order valence-electron chi connectivity index (χ3n) is 2.97. The van der Waals surface area contributed by atoms with Crippen molar-refractivity contribution in [1.29, 1.82) is 0 Å². The van der Waals surface area contributed by atoms with Crippen LogP contribution in [0.4, 0.5) is 0 Å². The SMILES string of the molecule is O=C(Cn1nnc(-c2ccccc2)n1)N/N=C\c1ccccc1. The van der Waals surface area contributed by atoms with Crippen LogP contribution >= 0.6 is 0 Å². The quantitative estimate of drug-likeness (QED) is 0.571. The molecule has 0 aliphatic carbocycles. The average molecular weight is 306 g/mol. The van der Waals surface area contributed by atoms with E-state index in [0.29, 0.717) is 5.82 Å². The second-order valence-corrected chi connectivity index (χ2v) is 4.71. The van der Waals surface area contributed by atoms with Crippen molar-refractivity contribution in [2.24, 2.45) is 5.10 Å². The summed E-state index contributed by atoms with van der Waals surface area (Å²) in [6.45, 7) is -0.0496. The molecule has 0 bridgehead atoms. The molecule has 3 aromatic rings. The van der Waals surface area contributed by atoms with E-state index in [1.807, 2.05) is 60.7 Å². The summed E-state index contributed by atoms with van der Waals surface area (Å²) in [7, 11) is 0. The second kappa shape index (κ2) is 7.08. The summed E-state index contributed by atoms with van der Waals surface area (Å²) in [5, 5.41) is 15.8. The third-order valence-corrected chi connectivity index (χ3v) is 2.97. The van der Waals surface area contributed by atoms with Gasteiger partial charge in [-0.05, 0) is 10.8 Å². The number of carbonyl (C=O) groups is 1. The molecule has 2 aromatic carbocycles. The number of amides is 1. The molecule has 23 heavy (non-hydrogen) atoms. The normalized spacial score (nSPS) is 10.8. The van der Waals surface area contributed by atoms with Crippen LogP contribution in [0.1, 0.15) is 5.56 Å². The van der Waals surface area contributed by atoms with Gasteiger partial charge in [-0.3, -0.25) is 4.79 Å². The van der Waals surface area contributed by atoms with Crippen LogP contribution in [0.2, 0.25) is 0 Å². The van der Waals surface area contributed by atoms with Crippen LogP contribution in [-0.4, -0.2) is 32.3 Å². The van der Waals surface area contributed by atoms with Gasteiger partial charge < -0.3 is 0 Å². The first-order valence-corrected chi connectivity index (χ1v) is 7.01. The molecule has 7 nitrogen and oxygen atoms in total. The summed E-state index contributed by atoms with van der Waals surface area (Å²) in [4.78, 5) is 13.0. The van der Waals surface area contributed by atoms with Crippen molar-refractivity contribution < 1.29 is 4.79 Å². The van der Waals surface area contributed by atoms with Crippen LogP contribution < -0.4 is 5.43 Å². The first kappa shape index (κ1) is 14.6. The zero-order valence-electron chi connectivity index (χ0n) is 12.2. The Bertz CT molecular complexity index is 798. The lowest BCUT2D eigenvalue weighted by Gasteiger charge is -1.98. The van der Waals surface area contributed by atoms with Crippen LogP contribution in [0.3, 0.4) is 0 Å². The highest BCUT2D eigenvalue weighted by atomic mass is 16.2. The lowest BCUT2D eigenvalue weighted by Crippen LogP contribution is -2.24. The van der Waals surface area contributed by atoms with Gasteiger partial charge in [-0.15, -0.1) is 10.2 Å². The van der Waals surface area contributed by atoms with Gasteiger partial charge >= 0.3 is 0 Å². The Hall–Kier alpha value is -3.35. The van der Waals surface area contributed by atoms with E-state index in [2.05, 4.69) is 25.9 Å². The maximum absolute atomic E-state index is 11.8. The number of rotatable bonds is 5. The molecule has 0 fully saturated rings. The molecule has 1 N–H and O–H groups in total. The molecule has 0 atom stereocenters. The molecule has 7 heteroatoms. The number of nitrogens with one attached hydrogen (secondary N) is 1. The standard InChI is InChI=1S/C16H14N6O/c23-15(18-17-11-13-7-3-1-4-8-13)12-22-20-16(19-21-22)14-9-5-2-6-10-14/h1-11H,12H2,(H,18,23)/b17-11-. The van der Waals surface area contributed by atoms with E-state index in [9.17, 15) is 4.79 Å². The summed E-state index contributed by atoms with van der Waals surface area (Å²) in [5.74, 6) is 0.153. The molecular formula is C16H14N6O. The first-order chi connectivity index (χ1) is 11.3. The predicted molar refractivity (Wildman–Crippen MR) is 85.4 cm³/mol. The van der Waals surface area contributed by atoms with Crippen LogP contribution in [0.15, 0.2) is 65.8 Å². The van der Waals surface area contributed by atoms with Crippen molar-refractivity contribution in [1.82, 2.24) is 25.6 Å². The Balaban J connectivity index is 1.56. The molecule has 0 saturated heterocycles. The number of tetrazole rings is 1. The molecule has 0 unspecified atom stereocenters. The molecule has 0 radical (unpaired) electrons. The smallest absolute Gasteiger partial charge is 0.263 e. The van der Waals surface area contributed by atoms with Gasteiger partial charge in [0.1, 0.15) is 6.54 Å². The van der Waals surface area contributed by atoms with Gasteiger partial charge in [0.15, 0.2) is 0 Å². The molecular weight excluding hydrogens is 292 g/mol. The Morgan fingerprint density at radius 1 is 1.09 bits per heavy atom. The maximum Gasteiger partial charge on any atom is 0.263 e. The zero-order valence-corrected chi connectivity index (χ0v) is 12.2. The van der Waals surface area contributed by atoms with Gasteiger partial charge in [0.2, 0.25) is 5.82 Å². The van der Waals surface area contributed by atoms with E-state index in [1.165, 1.54) is 4.80 Å². The Morgan fingerprint density at radius 2 is 1.78 bits per heavy atom. The minimum Gasteiger partial charge on any atom is -0.271 e. The lowest BCUT2D eigenvalue weighted by molar-refractivity contribution is -0.122.